The van der Waals surface area contributed by atoms with Crippen LogP contribution in [0.3, 0.4) is 0 Å². The highest BCUT2D eigenvalue weighted by Crippen LogP contribution is 2.30. The van der Waals surface area contributed by atoms with Crippen molar-refractivity contribution in [3.8, 4) is 5.75 Å². The van der Waals surface area contributed by atoms with Gasteiger partial charge in [0, 0.05) is 0 Å². The van der Waals surface area contributed by atoms with Crippen molar-refractivity contribution in [2.24, 2.45) is 0 Å². The second kappa shape index (κ2) is 2.83. The number of pyridine rings is 1. The maximum atomic E-state index is 5.62. The Balaban J connectivity index is 2.18. The van der Waals surface area contributed by atoms with E-state index in [-0.39, 0.29) is 0 Å². The number of hydrogen-bond acceptors (Lipinski definition) is 3. The predicted octanol–water partition coefficient (Wildman–Crippen LogP) is 1.86. The Morgan fingerprint density at radius 2 is 2.25 bits per heavy atom. The number of aromatic nitrogens is 1. The van der Waals surface area contributed by atoms with E-state index in [1.165, 1.54) is 0 Å². The zero-order valence-corrected chi connectivity index (χ0v) is 7.21. The monoisotopic (exact) mass is 184 g/mol. The maximum Gasteiger partial charge on any atom is 0.167 e. The lowest BCUT2D eigenvalue weighted by atomic mass is 10.4. The smallest absolute Gasteiger partial charge is 0.167 e. The van der Waals surface area contributed by atoms with Gasteiger partial charge < -0.3 is 10.5 Å². The molecule has 0 amide bonds. The van der Waals surface area contributed by atoms with Gasteiger partial charge >= 0.3 is 0 Å². The summed E-state index contributed by atoms with van der Waals surface area (Å²) in [6.07, 6.45) is 2.57. The number of halogens is 1. The van der Waals surface area contributed by atoms with E-state index in [9.17, 15) is 0 Å². The zero-order valence-electron chi connectivity index (χ0n) is 6.46. The summed E-state index contributed by atoms with van der Waals surface area (Å²) in [5.41, 5.74) is 5.58. The molecule has 0 aromatic carbocycles. The molecule has 12 heavy (non-hydrogen) atoms. The van der Waals surface area contributed by atoms with Crippen LogP contribution in [-0.4, -0.2) is 11.1 Å². The third-order valence-corrected chi connectivity index (χ3v) is 1.88. The first-order valence-corrected chi connectivity index (χ1v) is 4.22. The number of nitrogens with two attached hydrogens (primary N) is 1. The highest BCUT2D eigenvalue weighted by atomic mass is 35.5. The minimum atomic E-state index is 0.343. The largest absolute Gasteiger partial charge is 0.487 e. The first-order chi connectivity index (χ1) is 5.75. The summed E-state index contributed by atoms with van der Waals surface area (Å²) in [4.78, 5) is 3.87. The fraction of sp³-hybridized carbons (Fsp3) is 0.375. The molecule has 0 atom stereocenters. The number of hydrogen-bond donors (Lipinski definition) is 1. The highest BCUT2D eigenvalue weighted by Gasteiger charge is 2.24. The summed E-state index contributed by atoms with van der Waals surface area (Å²) < 4.78 is 5.46. The molecule has 0 radical (unpaired) electrons. The quantitative estimate of drug-likeness (QED) is 0.714. The van der Waals surface area contributed by atoms with Crippen LogP contribution in [0.25, 0.3) is 0 Å². The van der Waals surface area contributed by atoms with Gasteiger partial charge in [0.25, 0.3) is 0 Å². The minimum Gasteiger partial charge on any atom is -0.487 e. The first kappa shape index (κ1) is 7.68. The first-order valence-electron chi connectivity index (χ1n) is 3.84. The van der Waals surface area contributed by atoms with E-state index < -0.39 is 0 Å². The Morgan fingerprint density at radius 1 is 1.50 bits per heavy atom. The van der Waals surface area contributed by atoms with Gasteiger partial charge in [-0.25, -0.2) is 4.98 Å². The van der Waals surface area contributed by atoms with Gasteiger partial charge in [-0.2, -0.15) is 0 Å². The summed E-state index contributed by atoms with van der Waals surface area (Å²) in [5.74, 6) is 1.01. The van der Waals surface area contributed by atoms with E-state index in [4.69, 9.17) is 22.1 Å². The van der Waals surface area contributed by atoms with Gasteiger partial charge in [-0.15, -0.1) is 0 Å². The molecule has 2 rings (SSSR count). The van der Waals surface area contributed by atoms with Crippen molar-refractivity contribution in [2.75, 3.05) is 5.73 Å². The zero-order chi connectivity index (χ0) is 8.55. The van der Waals surface area contributed by atoms with E-state index in [1.54, 1.807) is 12.1 Å². The molecule has 1 aromatic heterocycles. The van der Waals surface area contributed by atoms with Crippen LogP contribution in [0, 0.1) is 0 Å². The maximum absolute atomic E-state index is 5.62. The van der Waals surface area contributed by atoms with Crippen molar-refractivity contribution in [3.63, 3.8) is 0 Å². The van der Waals surface area contributed by atoms with Crippen molar-refractivity contribution < 1.29 is 4.74 Å². The Labute approximate surface area is 75.5 Å². The predicted molar refractivity (Wildman–Crippen MR) is 47.3 cm³/mol. The lowest BCUT2D eigenvalue weighted by Gasteiger charge is -2.05. The van der Waals surface area contributed by atoms with Crippen LogP contribution in [0.5, 0.6) is 5.75 Å². The lowest BCUT2D eigenvalue weighted by molar-refractivity contribution is 0.304. The van der Waals surface area contributed by atoms with Gasteiger partial charge in [0.1, 0.15) is 5.15 Å². The Bertz CT molecular complexity index is 299. The topological polar surface area (TPSA) is 48.1 Å². The second-order valence-electron chi connectivity index (χ2n) is 2.83. The van der Waals surface area contributed by atoms with Crippen LogP contribution in [0.2, 0.25) is 5.15 Å². The number of nitrogens with zero attached hydrogens (tertiary/aromatic N) is 1. The van der Waals surface area contributed by atoms with Crippen LogP contribution in [-0.2, 0) is 0 Å². The van der Waals surface area contributed by atoms with Crippen molar-refractivity contribution in [2.45, 2.75) is 18.9 Å². The van der Waals surface area contributed by atoms with Crippen LogP contribution >= 0.6 is 11.6 Å². The molecule has 1 heterocycles. The molecule has 0 unspecified atom stereocenters. The second-order valence-corrected chi connectivity index (χ2v) is 3.22. The van der Waals surface area contributed by atoms with Crippen LogP contribution in [0.1, 0.15) is 12.8 Å². The van der Waals surface area contributed by atoms with Crippen molar-refractivity contribution >= 4 is 17.4 Å². The normalized spacial score (nSPS) is 16.1. The van der Waals surface area contributed by atoms with Gasteiger partial charge in [-0.05, 0) is 25.0 Å². The third kappa shape index (κ3) is 1.61. The van der Waals surface area contributed by atoms with E-state index in [2.05, 4.69) is 4.98 Å². The molecular weight excluding hydrogens is 176 g/mol. The van der Waals surface area contributed by atoms with Gasteiger partial charge in [-0.3, -0.25) is 0 Å². The van der Waals surface area contributed by atoms with Crippen molar-refractivity contribution in [1.29, 1.82) is 0 Å². The summed E-state index contributed by atoms with van der Waals surface area (Å²) in [6.45, 7) is 0. The van der Waals surface area contributed by atoms with E-state index in [1.807, 2.05) is 0 Å². The van der Waals surface area contributed by atoms with Gasteiger partial charge in [0.05, 0.1) is 6.10 Å². The fourth-order valence-corrected chi connectivity index (χ4v) is 1.06. The van der Waals surface area contributed by atoms with E-state index in [0.29, 0.717) is 22.8 Å². The Hall–Kier alpha value is -0.960. The molecule has 64 valence electrons. The SMILES string of the molecule is Nc1nc(Cl)ccc1OC1CC1. The highest BCUT2D eigenvalue weighted by molar-refractivity contribution is 6.29. The summed E-state index contributed by atoms with van der Waals surface area (Å²) in [6, 6.07) is 3.43. The Kier molecular flexibility index (Phi) is 1.81. The lowest BCUT2D eigenvalue weighted by Crippen LogP contribution is -2.01. The molecule has 0 bridgehead atoms. The number of ether oxygens (including phenoxy) is 1. The molecular formula is C8H9ClN2O. The average molecular weight is 185 g/mol. The Morgan fingerprint density at radius 3 is 2.83 bits per heavy atom. The summed E-state index contributed by atoms with van der Waals surface area (Å²) >= 11 is 5.62. The van der Waals surface area contributed by atoms with E-state index >= 15 is 0 Å². The minimum absolute atomic E-state index is 0.343. The average Bonchev–Trinajstić information content (AvgIpc) is 2.79. The molecule has 0 spiro atoms. The number of rotatable bonds is 2. The molecule has 3 nitrogen and oxygen atoms in total. The van der Waals surface area contributed by atoms with E-state index in [0.717, 1.165) is 12.8 Å². The number of anilines is 1. The fourth-order valence-electron chi connectivity index (χ4n) is 0.902. The molecule has 1 saturated carbocycles. The molecule has 0 saturated heterocycles. The van der Waals surface area contributed by atoms with Crippen molar-refractivity contribution in [1.82, 2.24) is 4.98 Å². The van der Waals surface area contributed by atoms with Crippen LogP contribution in [0.4, 0.5) is 5.82 Å². The van der Waals surface area contributed by atoms with Crippen molar-refractivity contribution in [3.05, 3.63) is 17.3 Å². The molecule has 0 aliphatic heterocycles. The molecule has 4 heteroatoms. The third-order valence-electron chi connectivity index (χ3n) is 1.67. The van der Waals surface area contributed by atoms with Crippen LogP contribution in [0.15, 0.2) is 12.1 Å². The number of nitrogen functional groups attached to an aromatic ring is 1. The van der Waals surface area contributed by atoms with Crippen LogP contribution < -0.4 is 10.5 Å². The molecule has 1 fully saturated rings. The molecule has 1 aromatic rings. The standard InChI is InChI=1S/C8H9ClN2O/c9-7-4-3-6(8(10)11-7)12-5-1-2-5/h3-5H,1-2H2,(H2,10,11). The summed E-state index contributed by atoms with van der Waals surface area (Å²) in [5, 5.41) is 0.399. The van der Waals surface area contributed by atoms with Gasteiger partial charge in [0.15, 0.2) is 11.6 Å². The molecule has 1 aliphatic rings. The van der Waals surface area contributed by atoms with Gasteiger partial charge in [0.2, 0.25) is 0 Å². The summed E-state index contributed by atoms with van der Waals surface area (Å²) in [7, 11) is 0. The molecule has 2 N–H and O–H groups in total. The van der Waals surface area contributed by atoms with Gasteiger partial charge in [-0.1, -0.05) is 11.6 Å². The molecule has 1 aliphatic carbocycles.